The number of methoxy groups -OCH3 is 1. The first kappa shape index (κ1) is 12.5. The molecule has 2 aromatic rings. The van der Waals surface area contributed by atoms with Crippen LogP contribution in [0.3, 0.4) is 0 Å². The number of benzene rings is 2. The van der Waals surface area contributed by atoms with Crippen LogP contribution in [0.5, 0.6) is 0 Å². The average molecular weight is 282 g/mol. The summed E-state index contributed by atoms with van der Waals surface area (Å²) in [6.07, 6.45) is 1.23. The lowest BCUT2D eigenvalue weighted by atomic mass is 9.71. The predicted octanol–water partition coefficient (Wildman–Crippen LogP) is 4.72. The zero-order valence-corrected chi connectivity index (χ0v) is 12.3. The van der Waals surface area contributed by atoms with Gasteiger partial charge in [0.25, 0.3) is 0 Å². The highest BCUT2D eigenvalue weighted by Gasteiger charge is 2.46. The molecular weight excluding hydrogens is 264 g/mol. The van der Waals surface area contributed by atoms with E-state index in [1.807, 2.05) is 18.9 Å². The number of hydrogen-bond donors (Lipinski definition) is 0. The number of ether oxygens (including phenoxy) is 1. The second kappa shape index (κ2) is 4.94. The smallest absolute Gasteiger partial charge is 0.110 e. The van der Waals surface area contributed by atoms with Crippen molar-refractivity contribution >= 4 is 11.8 Å². The van der Waals surface area contributed by atoms with Crippen molar-refractivity contribution in [2.75, 3.05) is 7.11 Å². The lowest BCUT2D eigenvalue weighted by molar-refractivity contribution is 0.126. The average Bonchev–Trinajstić information content (AvgIpc) is 2.55. The molecular formula is C18H18OS. The van der Waals surface area contributed by atoms with Gasteiger partial charge in [-0.3, -0.25) is 0 Å². The molecule has 0 N–H and O–H groups in total. The van der Waals surface area contributed by atoms with E-state index in [-0.39, 0.29) is 5.44 Å². The summed E-state index contributed by atoms with van der Waals surface area (Å²) in [5.74, 6) is 1.07. The van der Waals surface area contributed by atoms with Crippen molar-refractivity contribution in [3.63, 3.8) is 0 Å². The van der Waals surface area contributed by atoms with Gasteiger partial charge < -0.3 is 4.74 Å². The van der Waals surface area contributed by atoms with Crippen LogP contribution < -0.4 is 0 Å². The Kier molecular flexibility index (Phi) is 3.08. The van der Waals surface area contributed by atoms with Crippen LogP contribution in [-0.4, -0.2) is 12.5 Å². The summed E-state index contributed by atoms with van der Waals surface area (Å²) in [7, 11) is 1.85. The van der Waals surface area contributed by atoms with Gasteiger partial charge in [0.2, 0.25) is 0 Å². The Labute approximate surface area is 124 Å². The first-order valence-corrected chi connectivity index (χ1v) is 8.15. The standard InChI is InChI=1S/C18H18OS/c1-19-18-17-14-10-6-5-9-13(14)16(20-18)11-15(17)12-7-3-2-4-8-12/h2-10,15-18H,11H2,1H3/t15-,16+,17+,18-/m1/s1. The van der Waals surface area contributed by atoms with E-state index < -0.39 is 0 Å². The van der Waals surface area contributed by atoms with E-state index in [0.717, 1.165) is 0 Å². The summed E-state index contributed by atoms with van der Waals surface area (Å²) in [4.78, 5) is 0. The lowest BCUT2D eigenvalue weighted by Gasteiger charge is -2.47. The van der Waals surface area contributed by atoms with Gasteiger partial charge >= 0.3 is 0 Å². The molecule has 4 atom stereocenters. The van der Waals surface area contributed by atoms with Gasteiger partial charge in [-0.25, -0.2) is 0 Å². The molecule has 1 nitrogen and oxygen atoms in total. The summed E-state index contributed by atoms with van der Waals surface area (Å²) < 4.78 is 5.80. The van der Waals surface area contributed by atoms with Gasteiger partial charge in [-0.1, -0.05) is 54.6 Å². The van der Waals surface area contributed by atoms with Crippen LogP contribution in [0.1, 0.15) is 40.2 Å². The topological polar surface area (TPSA) is 9.23 Å². The number of hydrogen-bond acceptors (Lipinski definition) is 2. The molecule has 2 heteroatoms. The van der Waals surface area contributed by atoms with Crippen molar-refractivity contribution in [3.8, 4) is 0 Å². The Morgan fingerprint density at radius 2 is 1.65 bits per heavy atom. The molecule has 0 unspecified atom stereocenters. The van der Waals surface area contributed by atoms with Crippen LogP contribution in [0, 0.1) is 0 Å². The number of rotatable bonds is 2. The maximum absolute atomic E-state index is 5.80. The quantitative estimate of drug-likeness (QED) is 0.788. The van der Waals surface area contributed by atoms with Crippen molar-refractivity contribution in [1.82, 2.24) is 0 Å². The molecule has 0 radical (unpaired) electrons. The first-order valence-electron chi connectivity index (χ1n) is 7.20. The van der Waals surface area contributed by atoms with Crippen molar-refractivity contribution in [2.45, 2.75) is 28.9 Å². The molecule has 2 aliphatic heterocycles. The summed E-state index contributed by atoms with van der Waals surface area (Å²) in [6, 6.07) is 19.9. The van der Waals surface area contributed by atoms with E-state index in [2.05, 4.69) is 54.6 Å². The molecule has 0 spiro atoms. The molecule has 2 heterocycles. The molecule has 2 aromatic carbocycles. The molecule has 1 aliphatic carbocycles. The molecule has 102 valence electrons. The van der Waals surface area contributed by atoms with Crippen LogP contribution in [0.15, 0.2) is 54.6 Å². The third-order valence-electron chi connectivity index (χ3n) is 4.66. The van der Waals surface area contributed by atoms with Crippen LogP contribution in [0.2, 0.25) is 0 Å². The largest absolute Gasteiger partial charge is 0.370 e. The van der Waals surface area contributed by atoms with E-state index in [9.17, 15) is 0 Å². The second-order valence-corrected chi connectivity index (χ2v) is 6.94. The van der Waals surface area contributed by atoms with Crippen LogP contribution in [0.4, 0.5) is 0 Å². The summed E-state index contributed by atoms with van der Waals surface area (Å²) in [5, 5.41) is 0.575. The van der Waals surface area contributed by atoms with E-state index in [0.29, 0.717) is 17.1 Å². The maximum atomic E-state index is 5.80. The normalized spacial score (nSPS) is 31.1. The second-order valence-electron chi connectivity index (χ2n) is 5.64. The summed E-state index contributed by atoms with van der Waals surface area (Å²) in [6.45, 7) is 0. The van der Waals surface area contributed by atoms with Crippen LogP contribution in [-0.2, 0) is 4.74 Å². The molecule has 20 heavy (non-hydrogen) atoms. The minimum absolute atomic E-state index is 0.286. The Bertz CT molecular complexity index is 610. The van der Waals surface area contributed by atoms with E-state index in [1.165, 1.54) is 23.1 Å². The lowest BCUT2D eigenvalue weighted by Crippen LogP contribution is -2.36. The molecule has 3 aliphatic rings. The third-order valence-corrected chi connectivity index (χ3v) is 6.18. The Morgan fingerprint density at radius 3 is 2.40 bits per heavy atom. The minimum Gasteiger partial charge on any atom is -0.370 e. The fraction of sp³-hybridized carbons (Fsp3) is 0.333. The van der Waals surface area contributed by atoms with Crippen molar-refractivity contribution in [2.24, 2.45) is 0 Å². The summed E-state index contributed by atoms with van der Waals surface area (Å²) >= 11 is 2.00. The first-order chi connectivity index (χ1) is 9.88. The Hall–Kier alpha value is -1.25. The van der Waals surface area contributed by atoms with Gasteiger partial charge in [0.15, 0.2) is 0 Å². The fourth-order valence-corrected chi connectivity index (χ4v) is 5.41. The van der Waals surface area contributed by atoms with Crippen LogP contribution >= 0.6 is 11.8 Å². The highest BCUT2D eigenvalue weighted by atomic mass is 32.2. The fourth-order valence-electron chi connectivity index (χ4n) is 3.79. The van der Waals surface area contributed by atoms with Crippen molar-refractivity contribution < 1.29 is 4.74 Å². The SMILES string of the molecule is CO[C@@H]1S[C@H]2C[C@H](c3ccccc3)[C@@H]1c1ccccc12. The van der Waals surface area contributed by atoms with Crippen LogP contribution in [0.25, 0.3) is 0 Å². The Balaban J connectivity index is 1.82. The molecule has 0 saturated carbocycles. The zero-order chi connectivity index (χ0) is 13.5. The minimum atomic E-state index is 0.286. The van der Waals surface area contributed by atoms with Crippen molar-refractivity contribution in [3.05, 3.63) is 71.3 Å². The molecule has 0 aromatic heterocycles. The van der Waals surface area contributed by atoms with E-state index >= 15 is 0 Å². The monoisotopic (exact) mass is 282 g/mol. The predicted molar refractivity (Wildman–Crippen MR) is 84.1 cm³/mol. The van der Waals surface area contributed by atoms with Gasteiger partial charge in [-0.05, 0) is 29.0 Å². The van der Waals surface area contributed by atoms with E-state index in [1.54, 1.807) is 0 Å². The van der Waals surface area contributed by atoms with Gasteiger partial charge in [0.05, 0.1) is 0 Å². The maximum Gasteiger partial charge on any atom is 0.110 e. The molecule has 0 amide bonds. The summed E-state index contributed by atoms with van der Waals surface area (Å²) in [5.41, 5.74) is 4.78. The molecule has 1 fully saturated rings. The van der Waals surface area contributed by atoms with Gasteiger partial charge in [-0.15, -0.1) is 11.8 Å². The molecule has 2 bridgehead atoms. The highest BCUT2D eigenvalue weighted by Crippen LogP contribution is 2.61. The number of fused-ring (bicyclic) bond motifs is 2. The van der Waals surface area contributed by atoms with Crippen molar-refractivity contribution in [1.29, 1.82) is 0 Å². The van der Waals surface area contributed by atoms with Gasteiger partial charge in [0.1, 0.15) is 5.44 Å². The van der Waals surface area contributed by atoms with E-state index in [4.69, 9.17) is 4.74 Å². The third kappa shape index (κ3) is 1.82. The highest BCUT2D eigenvalue weighted by molar-refractivity contribution is 8.00. The van der Waals surface area contributed by atoms with Gasteiger partial charge in [-0.2, -0.15) is 0 Å². The number of thioether (sulfide) groups is 1. The molecule has 1 saturated heterocycles. The Morgan fingerprint density at radius 1 is 0.950 bits per heavy atom. The molecule has 5 rings (SSSR count). The zero-order valence-electron chi connectivity index (χ0n) is 11.5. The van der Waals surface area contributed by atoms with Gasteiger partial charge in [0, 0.05) is 18.3 Å².